The number of halogens is 3. The first kappa shape index (κ1) is 18.3. The number of benzene rings is 2. The number of aryl methyl sites for hydroxylation is 1. The van der Waals surface area contributed by atoms with Gasteiger partial charge in [0.05, 0.1) is 11.4 Å². The van der Waals surface area contributed by atoms with Crippen LogP contribution in [0.4, 0.5) is 24.5 Å². The third-order valence-corrected chi connectivity index (χ3v) is 3.29. The van der Waals surface area contributed by atoms with Gasteiger partial charge < -0.3 is 10.6 Å². The summed E-state index contributed by atoms with van der Waals surface area (Å²) in [6.07, 6.45) is -2.14. The van der Waals surface area contributed by atoms with E-state index in [4.69, 9.17) is 0 Å². The van der Waals surface area contributed by atoms with Crippen molar-refractivity contribution in [3.05, 3.63) is 65.7 Å². The van der Waals surface area contributed by atoms with Crippen LogP contribution in [0.5, 0.6) is 0 Å². The zero-order valence-electron chi connectivity index (χ0n) is 13.2. The minimum Gasteiger partial charge on any atom is -0.321 e. The molecule has 0 atom stereocenters. The quantitative estimate of drug-likeness (QED) is 0.816. The van der Waals surface area contributed by atoms with Gasteiger partial charge in [0.25, 0.3) is 0 Å². The Balaban J connectivity index is 2.11. The number of para-hydroxylation sites is 2. The number of amides is 2. The van der Waals surface area contributed by atoms with Crippen LogP contribution in [0.2, 0.25) is 0 Å². The van der Waals surface area contributed by atoms with E-state index in [2.05, 4.69) is 5.32 Å². The Labute approximate surface area is 142 Å². The van der Waals surface area contributed by atoms with Crippen LogP contribution >= 0.6 is 0 Å². The Bertz CT molecular complexity index is 814. The van der Waals surface area contributed by atoms with Crippen molar-refractivity contribution < 1.29 is 22.8 Å². The van der Waals surface area contributed by atoms with Crippen LogP contribution in [-0.4, -0.2) is 18.0 Å². The fourth-order valence-electron chi connectivity index (χ4n) is 2.01. The van der Waals surface area contributed by atoms with Gasteiger partial charge in [-0.3, -0.25) is 9.59 Å². The van der Waals surface area contributed by atoms with E-state index in [-0.39, 0.29) is 11.4 Å². The monoisotopic (exact) mass is 348 g/mol. The number of anilines is 2. The number of carbonyl (C=O) groups excluding carboxylic acids is 2. The molecule has 0 bridgehead atoms. The molecule has 0 heterocycles. The smallest absolute Gasteiger partial charge is 0.321 e. The van der Waals surface area contributed by atoms with Crippen LogP contribution in [0.15, 0.2) is 54.6 Å². The molecule has 2 aromatic carbocycles. The molecule has 0 fully saturated rings. The van der Waals surface area contributed by atoms with Gasteiger partial charge in [0.15, 0.2) is 0 Å². The molecule has 0 aliphatic carbocycles. The van der Waals surface area contributed by atoms with Gasteiger partial charge in [0.2, 0.25) is 5.91 Å². The summed E-state index contributed by atoms with van der Waals surface area (Å²) in [6, 6.07) is 13.1. The zero-order chi connectivity index (χ0) is 18.4. The standard InChI is InChI=1S/C18H15F3N2O2/c1-12-6-2-3-7-13(12)10-11-16(24)22-14-8-4-5-9-15(14)23-17(25)18(19,20)21/h2-11H,1H3,(H,22,24)(H,23,25)/b11-10+. The number of hydrogen-bond acceptors (Lipinski definition) is 2. The maximum absolute atomic E-state index is 12.4. The second kappa shape index (κ2) is 7.65. The van der Waals surface area contributed by atoms with Crippen molar-refractivity contribution >= 4 is 29.3 Å². The molecule has 0 aliphatic rings. The molecular formula is C18H15F3N2O2. The van der Waals surface area contributed by atoms with Crippen molar-refractivity contribution in [3.8, 4) is 0 Å². The van der Waals surface area contributed by atoms with Gasteiger partial charge in [-0.25, -0.2) is 0 Å². The highest BCUT2D eigenvalue weighted by Crippen LogP contribution is 2.24. The minimum absolute atomic E-state index is 0.0690. The molecule has 25 heavy (non-hydrogen) atoms. The van der Waals surface area contributed by atoms with Crippen molar-refractivity contribution in [2.75, 3.05) is 10.6 Å². The third-order valence-electron chi connectivity index (χ3n) is 3.29. The van der Waals surface area contributed by atoms with Gasteiger partial charge in [-0.1, -0.05) is 36.4 Å². The van der Waals surface area contributed by atoms with Crippen LogP contribution in [0, 0.1) is 6.92 Å². The molecule has 0 saturated heterocycles. The average Bonchev–Trinajstić information content (AvgIpc) is 2.55. The first-order chi connectivity index (χ1) is 11.8. The second-order valence-corrected chi connectivity index (χ2v) is 5.18. The Morgan fingerprint density at radius 1 is 0.920 bits per heavy atom. The summed E-state index contributed by atoms with van der Waals surface area (Å²) in [5, 5.41) is 4.19. The highest BCUT2D eigenvalue weighted by atomic mass is 19.4. The van der Waals surface area contributed by atoms with Gasteiger partial charge in [-0.15, -0.1) is 0 Å². The van der Waals surface area contributed by atoms with Crippen LogP contribution in [-0.2, 0) is 9.59 Å². The van der Waals surface area contributed by atoms with Crippen molar-refractivity contribution in [2.45, 2.75) is 13.1 Å². The summed E-state index contributed by atoms with van der Waals surface area (Å²) < 4.78 is 37.1. The van der Waals surface area contributed by atoms with E-state index in [1.165, 1.54) is 30.3 Å². The first-order valence-corrected chi connectivity index (χ1v) is 7.29. The number of nitrogens with one attached hydrogen (secondary N) is 2. The molecule has 4 nitrogen and oxygen atoms in total. The van der Waals surface area contributed by atoms with E-state index in [1.54, 1.807) is 11.4 Å². The third kappa shape index (κ3) is 5.20. The molecule has 2 N–H and O–H groups in total. The van der Waals surface area contributed by atoms with Gasteiger partial charge in [-0.05, 0) is 36.3 Å². The topological polar surface area (TPSA) is 58.2 Å². The van der Waals surface area contributed by atoms with Gasteiger partial charge in [-0.2, -0.15) is 13.2 Å². The Kier molecular flexibility index (Phi) is 5.59. The lowest BCUT2D eigenvalue weighted by molar-refractivity contribution is -0.167. The van der Waals surface area contributed by atoms with E-state index >= 15 is 0 Å². The highest BCUT2D eigenvalue weighted by molar-refractivity contribution is 6.06. The Morgan fingerprint density at radius 2 is 1.48 bits per heavy atom. The van der Waals surface area contributed by atoms with Crippen LogP contribution in [0.1, 0.15) is 11.1 Å². The minimum atomic E-state index is -5.01. The summed E-state index contributed by atoms with van der Waals surface area (Å²) in [7, 11) is 0. The summed E-state index contributed by atoms with van der Waals surface area (Å²) >= 11 is 0. The van der Waals surface area contributed by atoms with Gasteiger partial charge >= 0.3 is 12.1 Å². The molecule has 2 aromatic rings. The lowest BCUT2D eigenvalue weighted by atomic mass is 10.1. The molecule has 130 valence electrons. The molecule has 0 spiro atoms. The molecule has 7 heteroatoms. The lowest BCUT2D eigenvalue weighted by Crippen LogP contribution is -2.30. The average molecular weight is 348 g/mol. The maximum atomic E-state index is 12.4. The number of rotatable bonds is 4. The fraction of sp³-hybridized carbons (Fsp3) is 0.111. The molecule has 0 saturated carbocycles. The normalized spacial score (nSPS) is 11.4. The molecule has 0 unspecified atom stereocenters. The molecule has 0 aromatic heterocycles. The zero-order valence-corrected chi connectivity index (χ0v) is 13.2. The molecule has 0 radical (unpaired) electrons. The van der Waals surface area contributed by atoms with Crippen molar-refractivity contribution in [2.24, 2.45) is 0 Å². The van der Waals surface area contributed by atoms with E-state index in [0.29, 0.717) is 0 Å². The summed E-state index contributed by atoms with van der Waals surface area (Å²) in [6.45, 7) is 1.89. The second-order valence-electron chi connectivity index (χ2n) is 5.18. The Hall–Kier alpha value is -3.09. The predicted molar refractivity (Wildman–Crippen MR) is 90.0 cm³/mol. The first-order valence-electron chi connectivity index (χ1n) is 7.29. The lowest BCUT2D eigenvalue weighted by Gasteiger charge is -2.12. The fourth-order valence-corrected chi connectivity index (χ4v) is 2.01. The number of carbonyl (C=O) groups is 2. The summed E-state index contributed by atoms with van der Waals surface area (Å²) in [5.74, 6) is -2.64. The molecular weight excluding hydrogens is 333 g/mol. The predicted octanol–water partition coefficient (Wildman–Crippen LogP) is 4.15. The Morgan fingerprint density at radius 3 is 2.08 bits per heavy atom. The van der Waals surface area contributed by atoms with E-state index in [9.17, 15) is 22.8 Å². The van der Waals surface area contributed by atoms with Crippen LogP contribution in [0.25, 0.3) is 6.08 Å². The summed E-state index contributed by atoms with van der Waals surface area (Å²) in [5.41, 5.74) is 1.75. The van der Waals surface area contributed by atoms with Crippen LogP contribution < -0.4 is 10.6 Å². The molecule has 0 aliphatic heterocycles. The van der Waals surface area contributed by atoms with Gasteiger partial charge in [0, 0.05) is 6.08 Å². The molecule has 2 amide bonds. The number of alkyl halides is 3. The maximum Gasteiger partial charge on any atom is 0.471 e. The number of hydrogen-bond donors (Lipinski definition) is 2. The van der Waals surface area contributed by atoms with Crippen LogP contribution in [0.3, 0.4) is 0 Å². The van der Waals surface area contributed by atoms with E-state index in [0.717, 1.165) is 11.1 Å². The van der Waals surface area contributed by atoms with Crippen molar-refractivity contribution in [1.29, 1.82) is 0 Å². The highest BCUT2D eigenvalue weighted by Gasteiger charge is 2.38. The summed E-state index contributed by atoms with van der Waals surface area (Å²) in [4.78, 5) is 23.1. The SMILES string of the molecule is Cc1ccccc1/C=C/C(=O)Nc1ccccc1NC(=O)C(F)(F)F. The van der Waals surface area contributed by atoms with Crippen molar-refractivity contribution in [3.63, 3.8) is 0 Å². The van der Waals surface area contributed by atoms with E-state index < -0.39 is 18.0 Å². The van der Waals surface area contributed by atoms with Crippen molar-refractivity contribution in [1.82, 2.24) is 0 Å². The van der Waals surface area contributed by atoms with E-state index in [1.807, 2.05) is 31.2 Å². The molecule has 2 rings (SSSR count). The largest absolute Gasteiger partial charge is 0.471 e. The van der Waals surface area contributed by atoms with Gasteiger partial charge in [0.1, 0.15) is 0 Å².